The Hall–Kier alpha value is -2.90. The minimum Gasteiger partial charge on any atom is -0.460 e. The van der Waals surface area contributed by atoms with Crippen molar-refractivity contribution in [1.29, 1.82) is 0 Å². The molecule has 8 heteroatoms. The second kappa shape index (κ2) is 11.1. The summed E-state index contributed by atoms with van der Waals surface area (Å²) in [5.74, 6) is -0.790. The number of hydrogen-bond donors (Lipinski definition) is 2. The van der Waals surface area contributed by atoms with Crippen molar-refractivity contribution >= 4 is 28.7 Å². The van der Waals surface area contributed by atoms with Crippen LogP contribution in [-0.2, 0) is 19.1 Å². The number of benzene rings is 1. The Morgan fingerprint density at radius 3 is 2.63 bits per heavy atom. The molecule has 0 spiro atoms. The standard InChI is InChI=1S/C30H40FN3O4/c1-4-17(2)29(36)33-27(19-8-6-5-7-9-19)30(37)34-16-26(38-18(3)35)23-13-12-22(28(23)34)24-15-32-25-14-20(31)10-11-21(24)25/h10-11,14-15,17,19,22-23,26-28,32H,4-9,12-13,16H2,1-3H3,(H,33,36)/t17-,22+,23-,26-,27+,28-/m1/s1. The van der Waals surface area contributed by atoms with Crippen molar-refractivity contribution in [2.45, 2.75) is 96.2 Å². The molecule has 206 valence electrons. The fourth-order valence-corrected chi connectivity index (χ4v) is 7.17. The Morgan fingerprint density at radius 1 is 1.16 bits per heavy atom. The van der Waals surface area contributed by atoms with E-state index in [4.69, 9.17) is 4.74 Å². The summed E-state index contributed by atoms with van der Waals surface area (Å²) in [4.78, 5) is 44.5. The molecular weight excluding hydrogens is 485 g/mol. The highest BCUT2D eigenvalue weighted by Gasteiger charge is 2.54. The van der Waals surface area contributed by atoms with E-state index in [2.05, 4.69) is 10.3 Å². The maximum absolute atomic E-state index is 14.4. The number of aromatic nitrogens is 1. The molecule has 6 atom stereocenters. The van der Waals surface area contributed by atoms with Crippen LogP contribution in [0.25, 0.3) is 10.9 Å². The molecule has 2 aromatic rings. The number of esters is 1. The Balaban J connectivity index is 1.49. The first kappa shape index (κ1) is 26.7. The smallest absolute Gasteiger partial charge is 0.302 e. The van der Waals surface area contributed by atoms with Gasteiger partial charge in [-0.05, 0) is 61.8 Å². The van der Waals surface area contributed by atoms with Crippen molar-refractivity contribution in [2.24, 2.45) is 17.8 Å². The summed E-state index contributed by atoms with van der Waals surface area (Å²) in [6.07, 6.45) is 9.07. The highest BCUT2D eigenvalue weighted by molar-refractivity contribution is 5.89. The van der Waals surface area contributed by atoms with Gasteiger partial charge in [-0.25, -0.2) is 4.39 Å². The third-order valence-electron chi connectivity index (χ3n) is 9.30. The lowest BCUT2D eigenvalue weighted by Crippen LogP contribution is -2.55. The van der Waals surface area contributed by atoms with Gasteiger partial charge in [0.1, 0.15) is 18.0 Å². The number of amides is 2. The van der Waals surface area contributed by atoms with Crippen molar-refractivity contribution in [3.63, 3.8) is 0 Å². The van der Waals surface area contributed by atoms with Gasteiger partial charge in [-0.3, -0.25) is 14.4 Å². The minimum absolute atomic E-state index is 0.0236. The predicted molar refractivity (Wildman–Crippen MR) is 143 cm³/mol. The molecule has 0 bridgehead atoms. The summed E-state index contributed by atoms with van der Waals surface area (Å²) in [7, 11) is 0. The topological polar surface area (TPSA) is 91.5 Å². The maximum Gasteiger partial charge on any atom is 0.302 e. The number of nitrogens with one attached hydrogen (secondary N) is 2. The van der Waals surface area contributed by atoms with Gasteiger partial charge in [-0.1, -0.05) is 33.1 Å². The second-order valence-electron chi connectivity index (χ2n) is 11.6. The van der Waals surface area contributed by atoms with Crippen molar-refractivity contribution in [2.75, 3.05) is 6.54 Å². The van der Waals surface area contributed by atoms with Crippen LogP contribution in [-0.4, -0.2) is 52.4 Å². The van der Waals surface area contributed by atoms with Gasteiger partial charge >= 0.3 is 5.97 Å². The zero-order valence-electron chi connectivity index (χ0n) is 22.7. The number of H-pyrrole nitrogens is 1. The van der Waals surface area contributed by atoms with E-state index < -0.39 is 6.04 Å². The molecule has 1 saturated heterocycles. The number of aromatic amines is 1. The largest absolute Gasteiger partial charge is 0.460 e. The first-order valence-electron chi connectivity index (χ1n) is 14.3. The van der Waals surface area contributed by atoms with Gasteiger partial charge in [0, 0.05) is 47.8 Å². The highest BCUT2D eigenvalue weighted by atomic mass is 19.1. The molecule has 7 nitrogen and oxygen atoms in total. The number of likely N-dealkylation sites (tertiary alicyclic amines) is 1. The van der Waals surface area contributed by atoms with Crippen molar-refractivity contribution in [1.82, 2.24) is 15.2 Å². The van der Waals surface area contributed by atoms with Crippen LogP contribution < -0.4 is 5.32 Å². The number of ether oxygens (including phenoxy) is 1. The fourth-order valence-electron chi connectivity index (χ4n) is 7.17. The summed E-state index contributed by atoms with van der Waals surface area (Å²) in [6, 6.07) is 4.03. The molecule has 0 radical (unpaired) electrons. The summed E-state index contributed by atoms with van der Waals surface area (Å²) in [5.41, 5.74) is 1.79. The van der Waals surface area contributed by atoms with Gasteiger partial charge in [-0.2, -0.15) is 0 Å². The number of halogens is 1. The minimum atomic E-state index is -0.577. The lowest BCUT2D eigenvalue weighted by molar-refractivity contribution is -0.148. The van der Waals surface area contributed by atoms with Crippen LogP contribution in [0.1, 0.15) is 83.6 Å². The van der Waals surface area contributed by atoms with Crippen molar-refractivity contribution in [3.05, 3.63) is 35.8 Å². The highest BCUT2D eigenvalue weighted by Crippen LogP contribution is 2.49. The SMILES string of the molecule is CC[C@@H](C)C(=O)N[C@H](C(=O)N1C[C@@H](OC(C)=O)[C@H]2CC[C@@H](c3c[nH]c4cc(F)ccc34)[C@H]21)C1CCCCC1. The van der Waals surface area contributed by atoms with Crippen LogP contribution in [0.3, 0.4) is 0 Å². The number of nitrogens with zero attached hydrogens (tertiary/aromatic N) is 1. The summed E-state index contributed by atoms with van der Waals surface area (Å²) in [5, 5.41) is 4.10. The molecule has 38 heavy (non-hydrogen) atoms. The molecule has 0 unspecified atom stereocenters. The Kier molecular flexibility index (Phi) is 7.78. The van der Waals surface area contributed by atoms with Gasteiger partial charge < -0.3 is 19.9 Å². The number of rotatable bonds is 7. The number of hydrogen-bond acceptors (Lipinski definition) is 4. The maximum atomic E-state index is 14.4. The number of fused-ring (bicyclic) bond motifs is 2. The number of carbonyl (C=O) groups is 3. The van der Waals surface area contributed by atoms with Gasteiger partial charge in [0.05, 0.1) is 6.54 Å². The van der Waals surface area contributed by atoms with E-state index in [-0.39, 0.29) is 59.4 Å². The van der Waals surface area contributed by atoms with Crippen LogP contribution in [0.15, 0.2) is 24.4 Å². The van der Waals surface area contributed by atoms with Gasteiger partial charge in [0.25, 0.3) is 0 Å². The molecule has 2 N–H and O–H groups in total. The summed E-state index contributed by atoms with van der Waals surface area (Å²) in [6.45, 7) is 5.63. The molecule has 1 aliphatic heterocycles. The normalized spacial score (nSPS) is 27.2. The monoisotopic (exact) mass is 525 g/mol. The molecule has 2 aliphatic carbocycles. The van der Waals surface area contributed by atoms with Crippen LogP contribution in [0.5, 0.6) is 0 Å². The molecule has 3 aliphatic rings. The molecule has 1 aromatic heterocycles. The zero-order chi connectivity index (χ0) is 27.0. The van der Waals surface area contributed by atoms with Crippen LogP contribution in [0.2, 0.25) is 0 Å². The Morgan fingerprint density at radius 2 is 1.92 bits per heavy atom. The molecular formula is C30H40FN3O4. The average molecular weight is 526 g/mol. The first-order valence-corrected chi connectivity index (χ1v) is 14.3. The van der Waals surface area contributed by atoms with E-state index in [9.17, 15) is 18.8 Å². The Bertz CT molecular complexity index is 1190. The first-order chi connectivity index (χ1) is 18.3. The van der Waals surface area contributed by atoms with Crippen molar-refractivity contribution < 1.29 is 23.5 Å². The quantitative estimate of drug-likeness (QED) is 0.495. The van der Waals surface area contributed by atoms with Crippen molar-refractivity contribution in [3.8, 4) is 0 Å². The van der Waals surface area contributed by atoms with Crippen LogP contribution >= 0.6 is 0 Å². The number of carbonyl (C=O) groups excluding carboxylic acids is 3. The fraction of sp³-hybridized carbons (Fsp3) is 0.633. The van der Waals surface area contributed by atoms with E-state index >= 15 is 0 Å². The van der Waals surface area contributed by atoms with Gasteiger partial charge in [0.2, 0.25) is 11.8 Å². The molecule has 2 amide bonds. The van der Waals surface area contributed by atoms with Gasteiger partial charge in [-0.15, -0.1) is 0 Å². The zero-order valence-corrected chi connectivity index (χ0v) is 22.7. The van der Waals surface area contributed by atoms with Gasteiger partial charge in [0.15, 0.2) is 0 Å². The van der Waals surface area contributed by atoms with E-state index in [1.54, 1.807) is 6.07 Å². The molecule has 2 heterocycles. The third-order valence-corrected chi connectivity index (χ3v) is 9.30. The molecule has 3 fully saturated rings. The van der Waals surface area contributed by atoms with E-state index in [1.165, 1.54) is 19.1 Å². The summed E-state index contributed by atoms with van der Waals surface area (Å²) < 4.78 is 19.6. The van der Waals surface area contributed by atoms with E-state index in [1.807, 2.05) is 24.9 Å². The van der Waals surface area contributed by atoms with E-state index in [0.717, 1.165) is 61.4 Å². The Labute approximate surface area is 223 Å². The van der Waals surface area contributed by atoms with Crippen LogP contribution in [0, 0.1) is 23.6 Å². The molecule has 5 rings (SSSR count). The molecule has 1 aromatic carbocycles. The van der Waals surface area contributed by atoms with E-state index in [0.29, 0.717) is 13.0 Å². The average Bonchev–Trinajstić information content (AvgIpc) is 3.61. The predicted octanol–water partition coefficient (Wildman–Crippen LogP) is 5.05. The third kappa shape index (κ3) is 5.06. The van der Waals surface area contributed by atoms with Crippen LogP contribution in [0.4, 0.5) is 4.39 Å². The summed E-state index contributed by atoms with van der Waals surface area (Å²) >= 11 is 0. The lowest BCUT2D eigenvalue weighted by Gasteiger charge is -2.36. The molecule has 2 saturated carbocycles. The lowest BCUT2D eigenvalue weighted by atomic mass is 9.82. The second-order valence-corrected chi connectivity index (χ2v) is 11.6.